The van der Waals surface area contributed by atoms with Crippen molar-refractivity contribution in [3.8, 4) is 0 Å². The largest absolute Gasteiger partial charge is 0.0623 e. The van der Waals surface area contributed by atoms with Crippen LogP contribution in [0.15, 0.2) is 36.4 Å². The summed E-state index contributed by atoms with van der Waals surface area (Å²) in [5, 5.41) is 0. The SMILES string of the molecule is ClP(Cl)(Cl)(Cl)Cl.c1ccccc1. The molecule has 0 saturated carbocycles. The number of hydrogen-bond donors (Lipinski definition) is 0. The molecule has 0 amide bonds. The van der Waals surface area contributed by atoms with E-state index in [2.05, 4.69) is 0 Å². The Bertz CT molecular complexity index is 171. The molecule has 0 unspecified atom stereocenters. The third-order valence-electron chi connectivity index (χ3n) is 0.667. The molecule has 0 heterocycles. The Kier molecular flexibility index (Phi) is 5.57. The van der Waals surface area contributed by atoms with Gasteiger partial charge >= 0.3 is 59.6 Å². The van der Waals surface area contributed by atoms with E-state index in [1.165, 1.54) is 0 Å². The first-order chi connectivity index (χ1) is 5.24. The summed E-state index contributed by atoms with van der Waals surface area (Å²) in [6.45, 7) is 0. The Morgan fingerprint density at radius 3 is 0.667 bits per heavy atom. The first-order valence-corrected chi connectivity index (χ1v) is 9.61. The van der Waals surface area contributed by atoms with Crippen LogP contribution in [0.25, 0.3) is 0 Å². The minimum atomic E-state index is -3.69. The van der Waals surface area contributed by atoms with Gasteiger partial charge in [0.15, 0.2) is 0 Å². The third kappa shape index (κ3) is 22.5. The maximum absolute atomic E-state index is 4.98. The van der Waals surface area contributed by atoms with Gasteiger partial charge in [0.1, 0.15) is 0 Å². The smallest absolute Gasteiger partial charge is 0.0623 e. The van der Waals surface area contributed by atoms with E-state index in [1.807, 2.05) is 36.4 Å². The van der Waals surface area contributed by atoms with Crippen molar-refractivity contribution in [2.75, 3.05) is 0 Å². The van der Waals surface area contributed by atoms with Crippen molar-refractivity contribution < 1.29 is 0 Å². The Balaban J connectivity index is 0.000000202. The second-order valence-electron chi connectivity index (χ2n) is 1.79. The van der Waals surface area contributed by atoms with Gasteiger partial charge in [-0.25, -0.2) is 0 Å². The minimum absolute atomic E-state index is 2.00. The molecule has 0 aromatic heterocycles. The van der Waals surface area contributed by atoms with Crippen molar-refractivity contribution in [2.45, 2.75) is 0 Å². The minimum Gasteiger partial charge on any atom is -0.0623 e. The Morgan fingerprint density at radius 1 is 0.500 bits per heavy atom. The molecule has 12 heavy (non-hydrogen) atoms. The molecule has 0 spiro atoms. The molecule has 0 aliphatic carbocycles. The van der Waals surface area contributed by atoms with Crippen LogP contribution in [0.5, 0.6) is 0 Å². The summed E-state index contributed by atoms with van der Waals surface area (Å²) in [7, 11) is 0. The Labute approximate surface area is 95.6 Å². The number of halogens is 5. The molecular formula is C6H6Cl5P. The maximum Gasteiger partial charge on any atom is -0.0623 e. The quantitative estimate of drug-likeness (QED) is 0.513. The monoisotopic (exact) mass is 284 g/mol. The summed E-state index contributed by atoms with van der Waals surface area (Å²) < 4.78 is -3.69. The van der Waals surface area contributed by atoms with Gasteiger partial charge in [-0.1, -0.05) is 36.4 Å². The molecule has 1 rings (SSSR count). The molecule has 1 aromatic rings. The van der Waals surface area contributed by atoms with E-state index in [9.17, 15) is 0 Å². The zero-order valence-electron chi connectivity index (χ0n) is 5.80. The molecule has 0 N–H and O–H groups in total. The van der Waals surface area contributed by atoms with Gasteiger partial charge in [0.05, 0.1) is 0 Å². The predicted molar refractivity (Wildman–Crippen MR) is 62.6 cm³/mol. The molecule has 0 saturated heterocycles. The molecular weight excluding hydrogens is 280 g/mol. The van der Waals surface area contributed by atoms with E-state index < -0.39 is 3.37 Å². The van der Waals surface area contributed by atoms with Crippen LogP contribution in [-0.4, -0.2) is 0 Å². The normalized spacial score (nSPS) is 13.6. The van der Waals surface area contributed by atoms with Crippen LogP contribution in [0.2, 0.25) is 0 Å². The molecule has 70 valence electrons. The summed E-state index contributed by atoms with van der Waals surface area (Å²) in [6.07, 6.45) is 0. The van der Waals surface area contributed by atoms with Gasteiger partial charge < -0.3 is 0 Å². The van der Waals surface area contributed by atoms with Crippen LogP contribution < -0.4 is 0 Å². The van der Waals surface area contributed by atoms with Crippen molar-refractivity contribution in [1.29, 1.82) is 0 Å². The van der Waals surface area contributed by atoms with Gasteiger partial charge in [0, 0.05) is 0 Å². The van der Waals surface area contributed by atoms with Crippen LogP contribution in [0.4, 0.5) is 0 Å². The molecule has 1 aromatic carbocycles. The fraction of sp³-hybridized carbons (Fsp3) is 0. The van der Waals surface area contributed by atoms with Gasteiger partial charge in [-0.05, 0) is 0 Å². The summed E-state index contributed by atoms with van der Waals surface area (Å²) in [5.41, 5.74) is 0. The molecule has 0 nitrogen and oxygen atoms in total. The zero-order chi connectivity index (χ0) is 9.69. The topological polar surface area (TPSA) is 0 Å². The van der Waals surface area contributed by atoms with Gasteiger partial charge in [0.2, 0.25) is 0 Å². The van der Waals surface area contributed by atoms with Gasteiger partial charge in [-0.2, -0.15) is 0 Å². The zero-order valence-corrected chi connectivity index (χ0v) is 10.5. The van der Waals surface area contributed by atoms with E-state index in [0.717, 1.165) is 0 Å². The summed E-state index contributed by atoms with van der Waals surface area (Å²) >= 11 is 24.9. The number of rotatable bonds is 0. The first kappa shape index (κ1) is 13.1. The van der Waals surface area contributed by atoms with Crippen LogP contribution in [0.3, 0.4) is 0 Å². The molecule has 0 aliphatic rings. The molecule has 0 bridgehead atoms. The maximum atomic E-state index is 4.98. The molecule has 0 fully saturated rings. The Hall–Kier alpha value is 1.10. The van der Waals surface area contributed by atoms with Crippen molar-refractivity contribution >= 4 is 59.6 Å². The first-order valence-electron chi connectivity index (χ1n) is 2.85. The van der Waals surface area contributed by atoms with E-state index in [4.69, 9.17) is 56.2 Å². The van der Waals surface area contributed by atoms with Gasteiger partial charge in [-0.3, -0.25) is 0 Å². The average molecular weight is 286 g/mol. The Morgan fingerprint density at radius 2 is 0.583 bits per heavy atom. The molecule has 0 radical (unpaired) electrons. The number of benzene rings is 1. The van der Waals surface area contributed by atoms with Crippen molar-refractivity contribution in [3.05, 3.63) is 36.4 Å². The van der Waals surface area contributed by atoms with E-state index in [1.54, 1.807) is 0 Å². The van der Waals surface area contributed by atoms with Crippen LogP contribution in [-0.2, 0) is 0 Å². The van der Waals surface area contributed by atoms with Crippen LogP contribution in [0, 0.1) is 0 Å². The van der Waals surface area contributed by atoms with Gasteiger partial charge in [-0.15, -0.1) is 0 Å². The van der Waals surface area contributed by atoms with E-state index in [-0.39, 0.29) is 0 Å². The molecule has 0 aliphatic heterocycles. The predicted octanol–water partition coefficient (Wildman–Crippen LogP) is 6.00. The fourth-order valence-corrected chi connectivity index (χ4v) is 0.385. The molecule has 0 atom stereocenters. The van der Waals surface area contributed by atoms with E-state index in [0.29, 0.717) is 0 Å². The second-order valence-corrected chi connectivity index (χ2v) is 18.4. The molecule has 6 heteroatoms. The number of hydrogen-bond acceptors (Lipinski definition) is 0. The summed E-state index contributed by atoms with van der Waals surface area (Å²) in [6, 6.07) is 12.0. The van der Waals surface area contributed by atoms with Crippen molar-refractivity contribution in [1.82, 2.24) is 0 Å². The van der Waals surface area contributed by atoms with E-state index >= 15 is 0 Å². The standard InChI is InChI=1S/C6H6.Cl5P/c1-2-4-6-5-3-1;1-6(2,3,4)5/h1-6H;. The average Bonchev–Trinajstić information content (AvgIpc) is 1.86. The fourth-order valence-electron chi connectivity index (χ4n) is 0.385. The van der Waals surface area contributed by atoms with Crippen LogP contribution in [0.1, 0.15) is 0 Å². The third-order valence-corrected chi connectivity index (χ3v) is 0.667. The van der Waals surface area contributed by atoms with Crippen molar-refractivity contribution in [3.63, 3.8) is 0 Å². The second kappa shape index (κ2) is 5.10. The van der Waals surface area contributed by atoms with Crippen LogP contribution >= 0.6 is 59.6 Å². The summed E-state index contributed by atoms with van der Waals surface area (Å²) in [4.78, 5) is 0. The van der Waals surface area contributed by atoms with Gasteiger partial charge in [0.25, 0.3) is 0 Å². The van der Waals surface area contributed by atoms with Crippen molar-refractivity contribution in [2.24, 2.45) is 0 Å². The summed E-state index contributed by atoms with van der Waals surface area (Å²) in [5.74, 6) is 0.